The molecule has 1 rings (SSSR count). The van der Waals surface area contributed by atoms with Crippen molar-refractivity contribution in [1.29, 1.82) is 0 Å². The first-order chi connectivity index (χ1) is 6.75. The lowest BCUT2D eigenvalue weighted by molar-refractivity contribution is 0.0495. The van der Waals surface area contributed by atoms with Gasteiger partial charge in [-0.15, -0.1) is 0 Å². The van der Waals surface area contributed by atoms with Gasteiger partial charge in [-0.05, 0) is 12.1 Å². The molecule has 1 aromatic rings. The van der Waals surface area contributed by atoms with Gasteiger partial charge < -0.3 is 10.5 Å². The maximum absolute atomic E-state index is 11.7. The third-order valence-electron chi connectivity index (χ3n) is 1.69. The molecule has 0 fully saturated rings. The number of ether oxygens (including phenoxy) is 1. The molecule has 0 spiro atoms. The van der Waals surface area contributed by atoms with Crippen molar-refractivity contribution in [3.05, 3.63) is 29.8 Å². The molecule has 0 atom stereocenters. The smallest absolute Gasteiger partial charge is 0.340 e. The fraction of sp³-hybridized carbons (Fsp3) is 0.300. The molecule has 14 heavy (non-hydrogen) atoms. The average Bonchev–Trinajstić information content (AvgIpc) is 2.18. The second-order valence-corrected chi connectivity index (χ2v) is 2.77. The van der Waals surface area contributed by atoms with Crippen LogP contribution in [0.4, 0.5) is 10.1 Å². The maximum Gasteiger partial charge on any atom is 0.340 e. The van der Waals surface area contributed by atoms with Gasteiger partial charge >= 0.3 is 5.97 Å². The largest absolute Gasteiger partial charge is 0.462 e. The summed E-state index contributed by atoms with van der Waals surface area (Å²) in [5.41, 5.74) is 6.25. The Balaban J connectivity index is 2.56. The Kier molecular flexibility index (Phi) is 3.91. The van der Waals surface area contributed by atoms with E-state index in [0.717, 1.165) is 0 Å². The summed E-state index contributed by atoms with van der Waals surface area (Å²) < 4.78 is 16.5. The lowest BCUT2D eigenvalue weighted by Crippen LogP contribution is -2.09. The molecule has 0 aromatic heterocycles. The zero-order valence-corrected chi connectivity index (χ0v) is 7.70. The number of hydrogen-bond donors (Lipinski definition) is 1. The predicted molar refractivity (Wildman–Crippen MR) is 51.7 cm³/mol. The summed E-state index contributed by atoms with van der Waals surface area (Å²) in [5.74, 6) is -0.503. The van der Waals surface area contributed by atoms with E-state index in [0.29, 0.717) is 11.3 Å². The van der Waals surface area contributed by atoms with Crippen LogP contribution in [0.2, 0.25) is 0 Å². The number of halogens is 1. The number of hydrogen-bond acceptors (Lipinski definition) is 3. The van der Waals surface area contributed by atoms with E-state index in [2.05, 4.69) is 0 Å². The molecule has 2 N–H and O–H groups in total. The highest BCUT2D eigenvalue weighted by Gasteiger charge is 2.09. The number of nitrogen functional groups attached to an aromatic ring is 1. The Bertz CT molecular complexity index is 315. The molecule has 0 heterocycles. The normalized spacial score (nSPS) is 9.79. The monoisotopic (exact) mass is 197 g/mol. The second kappa shape index (κ2) is 5.21. The Morgan fingerprint density at radius 2 is 2.14 bits per heavy atom. The number of rotatable bonds is 4. The van der Waals surface area contributed by atoms with Gasteiger partial charge in [-0.1, -0.05) is 12.1 Å². The fourth-order valence-electron chi connectivity index (χ4n) is 0.980. The van der Waals surface area contributed by atoms with Crippen LogP contribution in [0.25, 0.3) is 0 Å². The van der Waals surface area contributed by atoms with Gasteiger partial charge in [0.2, 0.25) is 0 Å². The Hall–Kier alpha value is -1.58. The van der Waals surface area contributed by atoms with Gasteiger partial charge in [0.05, 0.1) is 18.8 Å². The van der Waals surface area contributed by atoms with Crippen molar-refractivity contribution in [3.8, 4) is 0 Å². The Morgan fingerprint density at radius 1 is 1.43 bits per heavy atom. The van der Waals surface area contributed by atoms with Crippen LogP contribution in [0, 0.1) is 0 Å². The molecule has 76 valence electrons. The highest BCUT2D eigenvalue weighted by atomic mass is 19.1. The van der Waals surface area contributed by atoms with Crippen LogP contribution in [-0.4, -0.2) is 19.3 Å². The molecule has 4 heteroatoms. The number of para-hydroxylation sites is 1. The third-order valence-corrected chi connectivity index (χ3v) is 1.69. The van der Waals surface area contributed by atoms with Gasteiger partial charge in [0.1, 0.15) is 0 Å². The van der Waals surface area contributed by atoms with Gasteiger partial charge in [0.25, 0.3) is 0 Å². The fourth-order valence-corrected chi connectivity index (χ4v) is 0.980. The van der Waals surface area contributed by atoms with Crippen molar-refractivity contribution >= 4 is 11.7 Å². The number of benzene rings is 1. The zero-order chi connectivity index (χ0) is 10.4. The van der Waals surface area contributed by atoms with Crippen LogP contribution in [0.1, 0.15) is 16.8 Å². The number of esters is 1. The van der Waals surface area contributed by atoms with E-state index in [1.807, 2.05) is 0 Å². The topological polar surface area (TPSA) is 52.3 Å². The lowest BCUT2D eigenvalue weighted by atomic mass is 10.2. The number of nitrogens with two attached hydrogens (primary N) is 1. The van der Waals surface area contributed by atoms with Gasteiger partial charge in [-0.25, -0.2) is 4.79 Å². The van der Waals surface area contributed by atoms with E-state index >= 15 is 0 Å². The van der Waals surface area contributed by atoms with Gasteiger partial charge in [-0.3, -0.25) is 4.39 Å². The molecule has 0 bridgehead atoms. The highest BCUT2D eigenvalue weighted by molar-refractivity contribution is 5.94. The first kappa shape index (κ1) is 10.5. The predicted octanol–water partition coefficient (Wildman–Crippen LogP) is 1.79. The van der Waals surface area contributed by atoms with E-state index in [9.17, 15) is 9.18 Å². The van der Waals surface area contributed by atoms with Crippen molar-refractivity contribution in [2.24, 2.45) is 0 Å². The minimum Gasteiger partial charge on any atom is -0.462 e. The quantitative estimate of drug-likeness (QED) is 0.454. The molecule has 0 aliphatic rings. The van der Waals surface area contributed by atoms with Crippen molar-refractivity contribution in [3.63, 3.8) is 0 Å². The van der Waals surface area contributed by atoms with E-state index in [4.69, 9.17) is 10.5 Å². The molecule has 1 aromatic carbocycles. The Morgan fingerprint density at radius 3 is 2.79 bits per heavy atom. The van der Waals surface area contributed by atoms with E-state index < -0.39 is 12.6 Å². The van der Waals surface area contributed by atoms with Crippen LogP contribution in [0.15, 0.2) is 24.3 Å². The first-order valence-electron chi connectivity index (χ1n) is 4.33. The standard InChI is InChI=1S/C10H12FNO2/c11-6-3-7-14-10(13)8-4-1-2-5-9(8)12/h1-2,4-5H,3,6-7,12H2. The summed E-state index contributed by atoms with van der Waals surface area (Å²) in [6, 6.07) is 6.62. The summed E-state index contributed by atoms with van der Waals surface area (Å²) in [5, 5.41) is 0. The van der Waals surface area contributed by atoms with Crippen molar-refractivity contribution in [2.75, 3.05) is 19.0 Å². The molecule has 0 radical (unpaired) electrons. The number of alkyl halides is 1. The van der Waals surface area contributed by atoms with Crippen LogP contribution in [0.3, 0.4) is 0 Å². The number of carbonyl (C=O) groups excluding carboxylic acids is 1. The van der Waals surface area contributed by atoms with Crippen molar-refractivity contribution in [1.82, 2.24) is 0 Å². The Labute approximate surface area is 81.7 Å². The molecule has 0 saturated carbocycles. The van der Waals surface area contributed by atoms with E-state index in [1.54, 1.807) is 24.3 Å². The van der Waals surface area contributed by atoms with Crippen molar-refractivity contribution in [2.45, 2.75) is 6.42 Å². The van der Waals surface area contributed by atoms with Crippen LogP contribution < -0.4 is 5.73 Å². The SMILES string of the molecule is Nc1ccccc1C(=O)OCCCF. The first-order valence-corrected chi connectivity index (χ1v) is 4.33. The summed E-state index contributed by atoms with van der Waals surface area (Å²) in [6.45, 7) is -0.402. The van der Waals surface area contributed by atoms with Crippen LogP contribution in [-0.2, 0) is 4.74 Å². The molecular weight excluding hydrogens is 185 g/mol. The van der Waals surface area contributed by atoms with E-state index in [1.165, 1.54) is 0 Å². The second-order valence-electron chi connectivity index (χ2n) is 2.77. The highest BCUT2D eigenvalue weighted by Crippen LogP contribution is 2.11. The molecule has 0 amide bonds. The molecule has 0 unspecified atom stereocenters. The molecular formula is C10H12FNO2. The summed E-state index contributed by atoms with van der Waals surface area (Å²) >= 11 is 0. The van der Waals surface area contributed by atoms with Crippen LogP contribution in [0.5, 0.6) is 0 Å². The van der Waals surface area contributed by atoms with Gasteiger partial charge in [0, 0.05) is 12.1 Å². The minimum absolute atomic E-state index is 0.0870. The maximum atomic E-state index is 11.7. The minimum atomic E-state index is -0.503. The average molecular weight is 197 g/mol. The third kappa shape index (κ3) is 2.73. The van der Waals surface area contributed by atoms with Gasteiger partial charge in [-0.2, -0.15) is 0 Å². The lowest BCUT2D eigenvalue weighted by Gasteiger charge is -2.05. The summed E-state index contributed by atoms with van der Waals surface area (Å²) in [6.07, 6.45) is 0.221. The van der Waals surface area contributed by atoms with Crippen LogP contribution >= 0.6 is 0 Å². The zero-order valence-electron chi connectivity index (χ0n) is 7.70. The number of anilines is 1. The summed E-state index contributed by atoms with van der Waals surface area (Å²) in [7, 11) is 0. The number of carbonyl (C=O) groups is 1. The van der Waals surface area contributed by atoms with Gasteiger partial charge in [0.15, 0.2) is 0 Å². The summed E-state index contributed by atoms with van der Waals surface area (Å²) in [4.78, 5) is 11.3. The molecule has 3 nitrogen and oxygen atoms in total. The van der Waals surface area contributed by atoms with Crippen molar-refractivity contribution < 1.29 is 13.9 Å². The molecule has 0 aliphatic heterocycles. The molecule has 0 saturated heterocycles. The van der Waals surface area contributed by atoms with E-state index in [-0.39, 0.29) is 13.0 Å². The molecule has 0 aliphatic carbocycles.